The van der Waals surface area contributed by atoms with Crippen molar-refractivity contribution in [2.24, 2.45) is 0 Å². The Morgan fingerprint density at radius 2 is 2.00 bits per heavy atom. The molecule has 1 atom stereocenters. The summed E-state index contributed by atoms with van der Waals surface area (Å²) in [7, 11) is 0. The third-order valence-corrected chi connectivity index (χ3v) is 5.17. The van der Waals surface area contributed by atoms with Gasteiger partial charge >= 0.3 is 5.97 Å². The summed E-state index contributed by atoms with van der Waals surface area (Å²) in [6.07, 6.45) is -0.759. The normalized spacial score (nSPS) is 12.1. The molecule has 0 bridgehead atoms. The summed E-state index contributed by atoms with van der Waals surface area (Å²) in [6.45, 7) is 4.52. The van der Waals surface area contributed by atoms with Crippen LogP contribution in [0, 0.1) is 0 Å². The molecular formula is C20H25ClN7O4+. The van der Waals surface area contributed by atoms with Crippen LogP contribution in [0.5, 0.6) is 0 Å². The Labute approximate surface area is 188 Å². The van der Waals surface area contributed by atoms with E-state index in [4.69, 9.17) is 28.2 Å². The maximum Gasteiger partial charge on any atom is 0.307 e. The van der Waals surface area contributed by atoms with Crippen LogP contribution < -0.4 is 21.4 Å². The molecule has 32 heavy (non-hydrogen) atoms. The summed E-state index contributed by atoms with van der Waals surface area (Å²) in [5.41, 5.74) is 13.4. The number of nitrogens with one attached hydrogen (secondary N) is 1. The number of hydrogen-bond donors (Lipinski definition) is 5. The molecule has 170 valence electrons. The molecule has 0 fully saturated rings. The number of aromatic nitrogens is 4. The number of carboxylic acids is 1. The van der Waals surface area contributed by atoms with Gasteiger partial charge in [0.2, 0.25) is 0 Å². The number of nitrogen functional groups attached to an aromatic ring is 2. The second-order valence-corrected chi connectivity index (χ2v) is 7.69. The number of aliphatic hydroxyl groups excluding tert-OH is 1. The summed E-state index contributed by atoms with van der Waals surface area (Å²) in [4.78, 5) is 31.6. The van der Waals surface area contributed by atoms with Gasteiger partial charge in [0.15, 0.2) is 33.5 Å². The van der Waals surface area contributed by atoms with E-state index in [-0.39, 0.29) is 42.0 Å². The van der Waals surface area contributed by atoms with Crippen LogP contribution >= 0.6 is 11.6 Å². The maximum absolute atomic E-state index is 12.7. The smallest absolute Gasteiger partial charge is 0.307 e. The van der Waals surface area contributed by atoms with Crippen LogP contribution in [0.15, 0.2) is 18.2 Å². The van der Waals surface area contributed by atoms with Crippen LogP contribution in [0.1, 0.15) is 35.7 Å². The minimum atomic E-state index is -0.927. The van der Waals surface area contributed by atoms with Gasteiger partial charge in [0.25, 0.3) is 11.7 Å². The van der Waals surface area contributed by atoms with Crippen molar-refractivity contribution in [2.75, 3.05) is 11.5 Å². The number of anilines is 2. The molecule has 0 spiro atoms. The number of imidazole rings is 1. The van der Waals surface area contributed by atoms with E-state index in [0.717, 1.165) is 11.0 Å². The third kappa shape index (κ3) is 4.73. The Morgan fingerprint density at radius 3 is 2.62 bits per heavy atom. The fourth-order valence-corrected chi connectivity index (χ4v) is 3.71. The van der Waals surface area contributed by atoms with E-state index in [9.17, 15) is 14.7 Å². The van der Waals surface area contributed by atoms with E-state index in [2.05, 4.69) is 15.3 Å². The first kappa shape index (κ1) is 23.2. The predicted octanol–water partition coefficient (Wildman–Crippen LogP) is 0.494. The Morgan fingerprint density at radius 1 is 1.28 bits per heavy atom. The topological polar surface area (TPSA) is 173 Å². The van der Waals surface area contributed by atoms with Gasteiger partial charge in [0, 0.05) is 0 Å². The van der Waals surface area contributed by atoms with E-state index in [0.29, 0.717) is 17.9 Å². The third-order valence-electron chi connectivity index (χ3n) is 4.89. The van der Waals surface area contributed by atoms with E-state index in [1.807, 2.05) is 22.1 Å². The summed E-state index contributed by atoms with van der Waals surface area (Å²) < 4.78 is 3.84. The van der Waals surface area contributed by atoms with Crippen molar-refractivity contribution in [3.05, 3.63) is 40.4 Å². The van der Waals surface area contributed by atoms with Crippen LogP contribution in [0.2, 0.25) is 5.15 Å². The summed E-state index contributed by atoms with van der Waals surface area (Å²) in [5.74, 6) is -1.02. The predicted molar refractivity (Wildman–Crippen MR) is 118 cm³/mol. The average Bonchev–Trinajstić information content (AvgIpc) is 2.99. The first-order valence-electron chi connectivity index (χ1n) is 9.92. The number of carbonyl (C=O) groups is 2. The van der Waals surface area contributed by atoms with Crippen LogP contribution in [-0.2, 0) is 30.8 Å². The first-order chi connectivity index (χ1) is 15.1. The minimum absolute atomic E-state index is 0.0706. The SMILES string of the molecule is CC[n+]1c(CNC(=O)c2nc(Cl)c(N)nc2N)n(C[C@H](C)O)c2ccc(CC(=O)O)cc21. The highest BCUT2D eigenvalue weighted by molar-refractivity contribution is 6.31. The molecule has 0 aliphatic heterocycles. The van der Waals surface area contributed by atoms with E-state index in [1.165, 1.54) is 0 Å². The van der Waals surface area contributed by atoms with Crippen molar-refractivity contribution in [1.82, 2.24) is 19.9 Å². The number of fused-ring (bicyclic) bond motifs is 1. The number of nitrogens with zero attached hydrogens (tertiary/aromatic N) is 4. The number of aryl methyl sites for hydroxylation is 1. The summed E-state index contributed by atoms with van der Waals surface area (Å²) in [6, 6.07) is 5.36. The summed E-state index contributed by atoms with van der Waals surface area (Å²) >= 11 is 5.87. The van der Waals surface area contributed by atoms with Crippen molar-refractivity contribution in [1.29, 1.82) is 0 Å². The average molecular weight is 463 g/mol. The number of aliphatic hydroxyl groups is 1. The lowest BCUT2D eigenvalue weighted by molar-refractivity contribution is -0.676. The number of hydrogen-bond acceptors (Lipinski definition) is 7. The fraction of sp³-hybridized carbons (Fsp3) is 0.350. The number of halogens is 1. The minimum Gasteiger partial charge on any atom is -0.481 e. The second kappa shape index (κ2) is 9.37. The highest BCUT2D eigenvalue weighted by atomic mass is 35.5. The lowest BCUT2D eigenvalue weighted by atomic mass is 10.1. The van der Waals surface area contributed by atoms with Gasteiger partial charge in [-0.2, -0.15) is 0 Å². The van der Waals surface area contributed by atoms with Gasteiger partial charge in [-0.05, 0) is 31.5 Å². The molecule has 2 heterocycles. The van der Waals surface area contributed by atoms with Gasteiger partial charge < -0.3 is 27.0 Å². The van der Waals surface area contributed by atoms with E-state index >= 15 is 0 Å². The number of aliphatic carboxylic acids is 1. The molecule has 1 amide bonds. The monoisotopic (exact) mass is 462 g/mol. The second-order valence-electron chi connectivity index (χ2n) is 7.33. The van der Waals surface area contributed by atoms with Gasteiger partial charge in [-0.3, -0.25) is 9.59 Å². The number of nitrogens with two attached hydrogens (primary N) is 2. The Bertz CT molecular complexity index is 1190. The molecular weight excluding hydrogens is 438 g/mol. The van der Waals surface area contributed by atoms with Crippen LogP contribution in [-0.4, -0.2) is 42.7 Å². The number of amides is 1. The van der Waals surface area contributed by atoms with E-state index in [1.54, 1.807) is 19.1 Å². The lowest BCUT2D eigenvalue weighted by Crippen LogP contribution is -2.41. The molecule has 0 aliphatic carbocycles. The van der Waals surface area contributed by atoms with Crippen molar-refractivity contribution >= 4 is 46.1 Å². The van der Waals surface area contributed by atoms with Crippen molar-refractivity contribution in [3.63, 3.8) is 0 Å². The number of rotatable bonds is 8. The molecule has 0 aliphatic rings. The molecule has 2 aromatic heterocycles. The van der Waals surface area contributed by atoms with Gasteiger partial charge in [-0.1, -0.05) is 17.7 Å². The highest BCUT2D eigenvalue weighted by Gasteiger charge is 2.27. The number of benzene rings is 1. The van der Waals surface area contributed by atoms with Crippen LogP contribution in [0.25, 0.3) is 11.0 Å². The molecule has 0 saturated heterocycles. The number of carboxylic acid groups (broad SMARTS) is 1. The van der Waals surface area contributed by atoms with Gasteiger partial charge in [-0.15, -0.1) is 0 Å². The zero-order chi connectivity index (χ0) is 23.6. The molecule has 7 N–H and O–H groups in total. The fourth-order valence-electron chi connectivity index (χ4n) is 3.59. The standard InChI is InChI=1S/C20H24ClN7O4/c1-3-27-13-6-11(7-15(30)31)4-5-12(13)28(9-10(2)29)14(27)8-24-20(32)16-18(22)26-19(23)17(21)25-16/h4-6,10,29H,3,7-9H2,1-2H3,(H5-,22,23,24,26,30,31,32)/p+1/t10-/m0/s1. The number of carbonyl (C=O) groups excluding carboxylic acids is 1. The molecule has 11 nitrogen and oxygen atoms in total. The Kier molecular flexibility index (Phi) is 6.80. The highest BCUT2D eigenvalue weighted by Crippen LogP contribution is 2.20. The van der Waals surface area contributed by atoms with Crippen molar-refractivity contribution in [2.45, 2.75) is 46.0 Å². The molecule has 1 aromatic carbocycles. The molecule has 0 radical (unpaired) electrons. The quantitative estimate of drug-likeness (QED) is 0.301. The largest absolute Gasteiger partial charge is 0.481 e. The Hall–Kier alpha value is -3.44. The molecule has 3 aromatic rings. The van der Waals surface area contributed by atoms with Crippen LogP contribution in [0.3, 0.4) is 0 Å². The lowest BCUT2D eigenvalue weighted by Gasteiger charge is -2.09. The maximum atomic E-state index is 12.7. The van der Waals surface area contributed by atoms with Gasteiger partial charge in [0.05, 0.1) is 19.1 Å². The van der Waals surface area contributed by atoms with Gasteiger partial charge in [-0.25, -0.2) is 19.1 Å². The van der Waals surface area contributed by atoms with E-state index < -0.39 is 18.0 Å². The molecule has 0 saturated carbocycles. The van der Waals surface area contributed by atoms with Crippen molar-refractivity contribution in [3.8, 4) is 0 Å². The summed E-state index contributed by atoms with van der Waals surface area (Å²) in [5, 5.41) is 21.8. The molecule has 0 unspecified atom stereocenters. The first-order valence-corrected chi connectivity index (χ1v) is 10.3. The molecule has 12 heteroatoms. The van der Waals surface area contributed by atoms with Crippen molar-refractivity contribution < 1.29 is 24.4 Å². The molecule has 3 rings (SSSR count). The zero-order valence-corrected chi connectivity index (χ0v) is 18.4. The zero-order valence-electron chi connectivity index (χ0n) is 17.7. The van der Waals surface area contributed by atoms with Gasteiger partial charge in [0.1, 0.15) is 13.1 Å². The van der Waals surface area contributed by atoms with Crippen LogP contribution in [0.4, 0.5) is 11.6 Å². The Balaban J connectivity index is 2.01.